The summed E-state index contributed by atoms with van der Waals surface area (Å²) in [4.78, 5) is 7.70. The fraction of sp³-hybridized carbons (Fsp3) is 0.429. The molecule has 1 aromatic heterocycles. The lowest BCUT2D eigenvalue weighted by molar-refractivity contribution is 0.291. The van der Waals surface area contributed by atoms with Crippen molar-refractivity contribution in [2.45, 2.75) is 6.54 Å². The number of halogens is 1. The van der Waals surface area contributed by atoms with Gasteiger partial charge in [0.2, 0.25) is 5.28 Å². The minimum atomic E-state index is 0.124. The third kappa shape index (κ3) is 3.13. The van der Waals surface area contributed by atoms with Crippen LogP contribution in [0.25, 0.3) is 0 Å². The lowest BCUT2D eigenvalue weighted by Crippen LogP contribution is -2.18. The van der Waals surface area contributed by atoms with Crippen LogP contribution in [0.5, 0.6) is 0 Å². The highest BCUT2D eigenvalue weighted by atomic mass is 35.5. The van der Waals surface area contributed by atoms with Crippen molar-refractivity contribution < 1.29 is 5.11 Å². The molecule has 1 rings (SSSR count). The molecule has 0 bridgehead atoms. The maximum atomic E-state index is 8.48. The number of aliphatic hydroxyl groups excluding tert-OH is 1. The van der Waals surface area contributed by atoms with E-state index in [0.29, 0.717) is 13.1 Å². The average Bonchev–Trinajstić information content (AvgIpc) is 2.05. The van der Waals surface area contributed by atoms with Gasteiger partial charge in [0.25, 0.3) is 0 Å². The largest absolute Gasteiger partial charge is 0.395 e. The van der Waals surface area contributed by atoms with E-state index < -0.39 is 0 Å². The Kier molecular flexibility index (Phi) is 3.93. The SMILES string of the molecule is OCCNCc1ccnc(Cl)n1. The van der Waals surface area contributed by atoms with E-state index in [9.17, 15) is 0 Å². The minimum Gasteiger partial charge on any atom is -0.395 e. The molecular weight excluding hydrogens is 178 g/mol. The molecule has 0 radical (unpaired) electrons. The Morgan fingerprint density at radius 2 is 2.42 bits per heavy atom. The van der Waals surface area contributed by atoms with E-state index in [1.54, 1.807) is 12.3 Å². The Labute approximate surface area is 75.6 Å². The molecule has 0 aliphatic carbocycles. The summed E-state index contributed by atoms with van der Waals surface area (Å²) in [6, 6.07) is 1.77. The highest BCUT2D eigenvalue weighted by molar-refractivity contribution is 6.28. The number of aliphatic hydroxyl groups is 1. The first-order chi connectivity index (χ1) is 5.83. The van der Waals surface area contributed by atoms with Gasteiger partial charge in [0.05, 0.1) is 12.3 Å². The first kappa shape index (κ1) is 9.38. The lowest BCUT2D eigenvalue weighted by Gasteiger charge is -2.00. The Balaban J connectivity index is 2.41. The second kappa shape index (κ2) is 5.03. The molecular formula is C7H10ClN3O. The van der Waals surface area contributed by atoms with E-state index in [1.165, 1.54) is 0 Å². The topological polar surface area (TPSA) is 58.0 Å². The van der Waals surface area contributed by atoms with E-state index in [-0.39, 0.29) is 11.9 Å². The molecule has 0 atom stereocenters. The van der Waals surface area contributed by atoms with Crippen molar-refractivity contribution in [1.29, 1.82) is 0 Å². The summed E-state index contributed by atoms with van der Waals surface area (Å²) in [5.74, 6) is 0. The van der Waals surface area contributed by atoms with Crippen LogP contribution in [0.1, 0.15) is 5.69 Å². The van der Waals surface area contributed by atoms with E-state index >= 15 is 0 Å². The van der Waals surface area contributed by atoms with Crippen LogP contribution in [-0.4, -0.2) is 28.2 Å². The molecule has 12 heavy (non-hydrogen) atoms. The number of rotatable bonds is 4. The summed E-state index contributed by atoms with van der Waals surface area (Å²) < 4.78 is 0. The maximum absolute atomic E-state index is 8.48. The minimum absolute atomic E-state index is 0.124. The van der Waals surface area contributed by atoms with E-state index in [1.807, 2.05) is 0 Å². The summed E-state index contributed by atoms with van der Waals surface area (Å²) in [5, 5.41) is 11.7. The van der Waals surface area contributed by atoms with Gasteiger partial charge in [-0.15, -0.1) is 0 Å². The standard InChI is InChI=1S/C7H10ClN3O/c8-7-10-2-1-6(11-7)5-9-3-4-12/h1-2,9,12H,3-5H2. The number of nitrogens with zero attached hydrogens (tertiary/aromatic N) is 2. The van der Waals surface area contributed by atoms with Crippen LogP contribution in [0, 0.1) is 0 Å². The molecule has 5 heteroatoms. The van der Waals surface area contributed by atoms with Crippen LogP contribution in [0.2, 0.25) is 5.28 Å². The molecule has 0 unspecified atom stereocenters. The molecule has 0 saturated carbocycles. The first-order valence-corrected chi connectivity index (χ1v) is 3.99. The molecule has 4 nitrogen and oxygen atoms in total. The number of aromatic nitrogens is 2. The molecule has 0 aliphatic rings. The van der Waals surface area contributed by atoms with Crippen molar-refractivity contribution in [3.63, 3.8) is 0 Å². The van der Waals surface area contributed by atoms with Gasteiger partial charge in [-0.05, 0) is 17.7 Å². The molecule has 66 valence electrons. The van der Waals surface area contributed by atoms with Crippen LogP contribution in [0.4, 0.5) is 0 Å². The molecule has 0 spiro atoms. The third-order valence-electron chi connectivity index (χ3n) is 1.28. The molecule has 0 saturated heterocycles. The van der Waals surface area contributed by atoms with Crippen LogP contribution >= 0.6 is 11.6 Å². The molecule has 0 aliphatic heterocycles. The van der Waals surface area contributed by atoms with Gasteiger partial charge in [-0.1, -0.05) is 0 Å². The molecule has 0 aromatic carbocycles. The normalized spacial score (nSPS) is 10.2. The smallest absolute Gasteiger partial charge is 0.222 e. The number of hydrogen-bond acceptors (Lipinski definition) is 4. The van der Waals surface area contributed by atoms with E-state index in [0.717, 1.165) is 5.69 Å². The number of hydrogen-bond donors (Lipinski definition) is 2. The highest BCUT2D eigenvalue weighted by Gasteiger charge is 1.94. The monoisotopic (exact) mass is 187 g/mol. The van der Waals surface area contributed by atoms with Crippen LogP contribution < -0.4 is 5.32 Å². The predicted octanol–water partition coefficient (Wildman–Crippen LogP) is 0.212. The molecule has 1 aromatic rings. The second-order valence-corrected chi connectivity index (χ2v) is 2.56. The Morgan fingerprint density at radius 1 is 1.58 bits per heavy atom. The molecule has 1 heterocycles. The van der Waals surface area contributed by atoms with Gasteiger partial charge in [0.1, 0.15) is 0 Å². The summed E-state index contributed by atoms with van der Waals surface area (Å²) in [6.45, 7) is 1.28. The zero-order valence-corrected chi connectivity index (χ0v) is 7.25. The van der Waals surface area contributed by atoms with Crippen molar-refractivity contribution in [2.24, 2.45) is 0 Å². The van der Waals surface area contributed by atoms with Gasteiger partial charge in [0.15, 0.2) is 0 Å². The molecule has 0 fully saturated rings. The average molecular weight is 188 g/mol. The zero-order chi connectivity index (χ0) is 8.81. The van der Waals surface area contributed by atoms with Gasteiger partial charge in [-0.25, -0.2) is 9.97 Å². The third-order valence-corrected chi connectivity index (χ3v) is 1.46. The van der Waals surface area contributed by atoms with Gasteiger partial charge >= 0.3 is 0 Å². The maximum Gasteiger partial charge on any atom is 0.222 e. The summed E-state index contributed by atoms with van der Waals surface area (Å²) in [7, 11) is 0. The van der Waals surface area contributed by atoms with Crippen LogP contribution in [0.15, 0.2) is 12.3 Å². The predicted molar refractivity (Wildman–Crippen MR) is 45.8 cm³/mol. The Morgan fingerprint density at radius 3 is 3.08 bits per heavy atom. The molecule has 0 amide bonds. The Hall–Kier alpha value is -0.710. The van der Waals surface area contributed by atoms with Gasteiger partial charge in [-0.3, -0.25) is 0 Å². The van der Waals surface area contributed by atoms with Gasteiger partial charge in [-0.2, -0.15) is 0 Å². The van der Waals surface area contributed by atoms with Crippen molar-refractivity contribution in [3.05, 3.63) is 23.2 Å². The fourth-order valence-corrected chi connectivity index (χ4v) is 0.928. The summed E-state index contributed by atoms with van der Waals surface area (Å²) in [6.07, 6.45) is 1.60. The van der Waals surface area contributed by atoms with E-state index in [4.69, 9.17) is 16.7 Å². The summed E-state index contributed by atoms with van der Waals surface area (Å²) >= 11 is 5.56. The number of nitrogens with one attached hydrogen (secondary N) is 1. The fourth-order valence-electron chi connectivity index (χ4n) is 0.763. The van der Waals surface area contributed by atoms with Crippen molar-refractivity contribution in [1.82, 2.24) is 15.3 Å². The van der Waals surface area contributed by atoms with Crippen LogP contribution in [-0.2, 0) is 6.54 Å². The Bertz CT molecular complexity index is 244. The highest BCUT2D eigenvalue weighted by Crippen LogP contribution is 1.99. The second-order valence-electron chi connectivity index (χ2n) is 2.22. The van der Waals surface area contributed by atoms with Crippen LogP contribution in [0.3, 0.4) is 0 Å². The van der Waals surface area contributed by atoms with Gasteiger partial charge < -0.3 is 10.4 Å². The van der Waals surface area contributed by atoms with E-state index in [2.05, 4.69) is 15.3 Å². The first-order valence-electron chi connectivity index (χ1n) is 3.62. The summed E-state index contributed by atoms with van der Waals surface area (Å²) in [5.41, 5.74) is 0.823. The van der Waals surface area contributed by atoms with Crippen molar-refractivity contribution in [2.75, 3.05) is 13.2 Å². The molecule has 2 N–H and O–H groups in total. The zero-order valence-electron chi connectivity index (χ0n) is 6.50. The quantitative estimate of drug-likeness (QED) is 0.523. The lowest BCUT2D eigenvalue weighted by atomic mass is 10.4. The van der Waals surface area contributed by atoms with Crippen molar-refractivity contribution >= 4 is 11.6 Å². The van der Waals surface area contributed by atoms with Gasteiger partial charge in [0, 0.05) is 19.3 Å². The van der Waals surface area contributed by atoms with Crippen molar-refractivity contribution in [3.8, 4) is 0 Å².